The van der Waals surface area contributed by atoms with Crippen LogP contribution >= 0.6 is 0 Å². The van der Waals surface area contributed by atoms with Crippen LogP contribution in [0.25, 0.3) is 11.3 Å². The lowest BCUT2D eigenvalue weighted by molar-refractivity contribution is 0.0208. The summed E-state index contributed by atoms with van der Waals surface area (Å²) in [4.78, 5) is 31.4. The number of nitrogens with zero attached hydrogens (tertiary/aromatic N) is 5. The van der Waals surface area contributed by atoms with Crippen LogP contribution < -0.4 is 5.32 Å². The van der Waals surface area contributed by atoms with E-state index < -0.39 is 17.6 Å². The van der Waals surface area contributed by atoms with Crippen molar-refractivity contribution in [3.8, 4) is 17.4 Å². The van der Waals surface area contributed by atoms with Crippen molar-refractivity contribution in [1.82, 2.24) is 25.0 Å². The fourth-order valence-electron chi connectivity index (χ4n) is 3.86. The highest BCUT2D eigenvalue weighted by molar-refractivity contribution is 5.90. The van der Waals surface area contributed by atoms with Gasteiger partial charge in [0.2, 0.25) is 0 Å². The molecule has 34 heavy (non-hydrogen) atoms. The van der Waals surface area contributed by atoms with Gasteiger partial charge < -0.3 is 19.4 Å². The highest BCUT2D eigenvalue weighted by atomic mass is 16.6. The molecule has 0 saturated carbocycles. The Bertz CT molecular complexity index is 1200. The van der Waals surface area contributed by atoms with E-state index in [1.165, 1.54) is 6.20 Å². The number of likely N-dealkylation sites (tertiary alicyclic amines) is 1. The number of rotatable bonds is 5. The number of carbonyl (C=O) groups excluding carboxylic acids is 2. The predicted molar refractivity (Wildman–Crippen MR) is 121 cm³/mol. The normalized spacial score (nSPS) is 17.9. The first kappa shape index (κ1) is 23.0. The maximum absolute atomic E-state index is 12.8. The summed E-state index contributed by atoms with van der Waals surface area (Å²) in [5.41, 5.74) is 0.504. The van der Waals surface area contributed by atoms with Crippen molar-refractivity contribution in [2.24, 2.45) is 0 Å². The Kier molecular flexibility index (Phi) is 6.36. The van der Waals surface area contributed by atoms with Crippen molar-refractivity contribution in [2.75, 3.05) is 6.54 Å². The van der Waals surface area contributed by atoms with Gasteiger partial charge >= 0.3 is 12.0 Å². The molecule has 1 N–H and O–H groups in total. The van der Waals surface area contributed by atoms with Crippen LogP contribution in [0.15, 0.2) is 53.3 Å². The Labute approximate surface area is 197 Å². The van der Waals surface area contributed by atoms with Crippen molar-refractivity contribution < 1.29 is 18.7 Å². The number of nitrogens with one attached hydrogen (secondary N) is 1. The molecule has 176 valence electrons. The van der Waals surface area contributed by atoms with E-state index in [1.807, 2.05) is 33.0 Å². The fourth-order valence-corrected chi connectivity index (χ4v) is 3.86. The zero-order valence-electron chi connectivity index (χ0n) is 19.3. The standard InChI is InChI=1S/C24H26N6O4/c1-24(2,3)34-23(32)30-14-18(11-19(30)15-29-9-5-8-27-29)28-21(31)22-26-13-20(33-22)17-7-4-6-16(10-17)12-25/h4-10,13,18-19H,11,14-15H2,1-3H3,(H,28,31). The maximum atomic E-state index is 12.8. The van der Waals surface area contributed by atoms with E-state index in [9.17, 15) is 9.59 Å². The topological polar surface area (TPSA) is 126 Å². The molecule has 2 amide bonds. The number of carbonyl (C=O) groups is 2. The molecular formula is C24H26N6O4. The number of hydrogen-bond donors (Lipinski definition) is 1. The lowest BCUT2D eigenvalue weighted by Gasteiger charge is -2.28. The first-order valence-corrected chi connectivity index (χ1v) is 11.0. The molecule has 10 nitrogen and oxygen atoms in total. The lowest BCUT2D eigenvalue weighted by atomic mass is 10.1. The average Bonchev–Trinajstić information content (AvgIpc) is 3.54. The lowest BCUT2D eigenvalue weighted by Crippen LogP contribution is -2.43. The molecule has 1 aromatic carbocycles. The van der Waals surface area contributed by atoms with Crippen LogP contribution in [-0.4, -0.2) is 55.9 Å². The Hall–Kier alpha value is -4.13. The molecule has 2 unspecified atom stereocenters. The van der Waals surface area contributed by atoms with Gasteiger partial charge in [0.15, 0.2) is 5.76 Å². The van der Waals surface area contributed by atoms with Crippen molar-refractivity contribution in [3.05, 3.63) is 60.4 Å². The molecule has 1 aliphatic heterocycles. The molecule has 0 radical (unpaired) electrons. The van der Waals surface area contributed by atoms with E-state index in [-0.39, 0.29) is 18.0 Å². The molecule has 1 saturated heterocycles. The van der Waals surface area contributed by atoms with Gasteiger partial charge in [0, 0.05) is 30.5 Å². The second-order valence-corrected chi connectivity index (χ2v) is 9.14. The van der Waals surface area contributed by atoms with Crippen LogP contribution in [0.3, 0.4) is 0 Å². The van der Waals surface area contributed by atoms with Crippen LogP contribution in [0, 0.1) is 11.3 Å². The molecule has 4 rings (SSSR count). The van der Waals surface area contributed by atoms with Crippen molar-refractivity contribution in [2.45, 2.75) is 51.4 Å². The molecule has 2 aromatic heterocycles. The second-order valence-electron chi connectivity index (χ2n) is 9.14. The molecule has 10 heteroatoms. The van der Waals surface area contributed by atoms with Crippen molar-refractivity contribution >= 4 is 12.0 Å². The number of ether oxygens (including phenoxy) is 1. The van der Waals surface area contributed by atoms with E-state index in [0.29, 0.717) is 36.4 Å². The number of benzene rings is 1. The third kappa shape index (κ3) is 5.43. The van der Waals surface area contributed by atoms with Gasteiger partial charge in [0.05, 0.1) is 30.4 Å². The zero-order valence-corrected chi connectivity index (χ0v) is 19.3. The summed E-state index contributed by atoms with van der Waals surface area (Å²) in [5, 5.41) is 16.2. The Morgan fingerprint density at radius 3 is 2.85 bits per heavy atom. The number of oxazole rings is 1. The van der Waals surface area contributed by atoms with Crippen LogP contribution in [-0.2, 0) is 11.3 Å². The van der Waals surface area contributed by atoms with Gasteiger partial charge in [-0.3, -0.25) is 9.48 Å². The Morgan fingerprint density at radius 2 is 2.15 bits per heavy atom. The maximum Gasteiger partial charge on any atom is 0.410 e. The average molecular weight is 463 g/mol. The summed E-state index contributed by atoms with van der Waals surface area (Å²) in [6, 6.07) is 10.2. The molecule has 3 aromatic rings. The number of amides is 2. The molecule has 0 spiro atoms. The summed E-state index contributed by atoms with van der Waals surface area (Å²) in [7, 11) is 0. The minimum absolute atomic E-state index is 0.0864. The van der Waals surface area contributed by atoms with Gasteiger partial charge in [-0.05, 0) is 45.4 Å². The first-order valence-electron chi connectivity index (χ1n) is 11.0. The number of nitriles is 1. The molecule has 3 heterocycles. The van der Waals surface area contributed by atoms with Gasteiger partial charge in [-0.1, -0.05) is 12.1 Å². The van der Waals surface area contributed by atoms with Gasteiger partial charge in [-0.15, -0.1) is 0 Å². The largest absolute Gasteiger partial charge is 0.444 e. The van der Waals surface area contributed by atoms with Gasteiger partial charge in [-0.25, -0.2) is 9.78 Å². The summed E-state index contributed by atoms with van der Waals surface area (Å²) in [6.45, 7) is 6.22. The third-order valence-corrected chi connectivity index (χ3v) is 5.31. The smallest absolute Gasteiger partial charge is 0.410 e. The second kappa shape index (κ2) is 9.39. The Balaban J connectivity index is 1.45. The monoisotopic (exact) mass is 462 g/mol. The van der Waals surface area contributed by atoms with Gasteiger partial charge in [0.25, 0.3) is 5.89 Å². The highest BCUT2D eigenvalue weighted by Crippen LogP contribution is 2.24. The van der Waals surface area contributed by atoms with Crippen LogP contribution in [0.2, 0.25) is 0 Å². The van der Waals surface area contributed by atoms with E-state index in [0.717, 1.165) is 0 Å². The number of hydrogen-bond acceptors (Lipinski definition) is 7. The summed E-state index contributed by atoms with van der Waals surface area (Å²) >= 11 is 0. The zero-order chi connectivity index (χ0) is 24.3. The first-order chi connectivity index (χ1) is 16.2. The molecule has 1 fully saturated rings. The number of aromatic nitrogens is 3. The minimum atomic E-state index is -0.633. The van der Waals surface area contributed by atoms with Crippen molar-refractivity contribution in [3.63, 3.8) is 0 Å². The van der Waals surface area contributed by atoms with Crippen LogP contribution in [0.5, 0.6) is 0 Å². The van der Waals surface area contributed by atoms with E-state index in [1.54, 1.807) is 40.0 Å². The summed E-state index contributed by atoms with van der Waals surface area (Å²) in [6.07, 6.45) is 5.06. The molecule has 2 atom stereocenters. The summed E-state index contributed by atoms with van der Waals surface area (Å²) < 4.78 is 13.0. The van der Waals surface area contributed by atoms with Gasteiger partial charge in [0.1, 0.15) is 5.60 Å². The van der Waals surface area contributed by atoms with E-state index in [4.69, 9.17) is 14.4 Å². The van der Waals surface area contributed by atoms with E-state index >= 15 is 0 Å². The van der Waals surface area contributed by atoms with Crippen LogP contribution in [0.4, 0.5) is 4.79 Å². The SMILES string of the molecule is CC(C)(C)OC(=O)N1CC(NC(=O)c2ncc(-c3cccc(C#N)c3)o2)CC1Cn1cccn1. The van der Waals surface area contributed by atoms with Gasteiger partial charge in [-0.2, -0.15) is 10.4 Å². The molecule has 1 aliphatic rings. The quantitative estimate of drug-likeness (QED) is 0.617. The van der Waals surface area contributed by atoms with Crippen molar-refractivity contribution in [1.29, 1.82) is 5.26 Å². The van der Waals surface area contributed by atoms with Crippen LogP contribution in [0.1, 0.15) is 43.4 Å². The minimum Gasteiger partial charge on any atom is -0.444 e. The predicted octanol–water partition coefficient (Wildman–Crippen LogP) is 3.22. The Morgan fingerprint density at radius 1 is 1.32 bits per heavy atom. The fraction of sp³-hybridized carbons (Fsp3) is 0.375. The van der Waals surface area contributed by atoms with E-state index in [2.05, 4.69) is 21.5 Å². The molecule has 0 aliphatic carbocycles. The third-order valence-electron chi connectivity index (χ3n) is 5.31. The molecular weight excluding hydrogens is 436 g/mol. The molecule has 0 bridgehead atoms. The highest BCUT2D eigenvalue weighted by Gasteiger charge is 2.39. The summed E-state index contributed by atoms with van der Waals surface area (Å²) in [5.74, 6) is -0.172.